The van der Waals surface area contributed by atoms with Crippen molar-refractivity contribution in [1.82, 2.24) is 4.98 Å². The lowest BCUT2D eigenvalue weighted by atomic mass is 10.1. The van der Waals surface area contributed by atoms with Gasteiger partial charge in [-0.25, -0.2) is 4.98 Å². The number of nitrogens with one attached hydrogen (secondary N) is 1. The highest BCUT2D eigenvalue weighted by Gasteiger charge is 2.22. The number of methoxy groups -OCH3 is 1. The van der Waals surface area contributed by atoms with E-state index in [2.05, 4.69) is 9.88 Å². The van der Waals surface area contributed by atoms with Crippen molar-refractivity contribution in [2.75, 3.05) is 25.1 Å². The Kier molecular flexibility index (Phi) is 4.04. The number of nitrogens with two attached hydrogens (primary N) is 1. The van der Waals surface area contributed by atoms with E-state index < -0.39 is 0 Å². The largest absolute Gasteiger partial charge is 0.384 e. The molecule has 6 heteroatoms. The number of hydrogen-bond acceptors (Lipinski definition) is 4. The Labute approximate surface area is 111 Å². The van der Waals surface area contributed by atoms with Crippen molar-refractivity contribution in [1.29, 1.82) is 5.41 Å². The number of amidine groups is 1. The SMILES string of the molecule is COC1CCN(c2nccc(C(=N)N)c2Cl)CC1. The van der Waals surface area contributed by atoms with Gasteiger partial charge in [-0.05, 0) is 18.9 Å². The second-order valence-corrected chi connectivity index (χ2v) is 4.71. The molecule has 2 rings (SSSR count). The van der Waals surface area contributed by atoms with Crippen molar-refractivity contribution in [3.8, 4) is 0 Å². The molecule has 0 amide bonds. The van der Waals surface area contributed by atoms with Crippen LogP contribution in [0, 0.1) is 5.41 Å². The lowest BCUT2D eigenvalue weighted by Gasteiger charge is -2.32. The van der Waals surface area contributed by atoms with Crippen molar-refractivity contribution < 1.29 is 4.74 Å². The van der Waals surface area contributed by atoms with Crippen molar-refractivity contribution in [3.63, 3.8) is 0 Å². The first-order chi connectivity index (χ1) is 8.63. The Morgan fingerprint density at radius 1 is 1.56 bits per heavy atom. The van der Waals surface area contributed by atoms with E-state index in [-0.39, 0.29) is 5.84 Å². The Hall–Kier alpha value is -1.33. The molecule has 1 aromatic heterocycles. The molecule has 0 radical (unpaired) electrons. The van der Waals surface area contributed by atoms with Gasteiger partial charge in [-0.3, -0.25) is 5.41 Å². The molecule has 0 aromatic carbocycles. The van der Waals surface area contributed by atoms with Crippen molar-refractivity contribution in [3.05, 3.63) is 22.8 Å². The van der Waals surface area contributed by atoms with Gasteiger partial charge < -0.3 is 15.4 Å². The number of nitrogens with zero attached hydrogens (tertiary/aromatic N) is 2. The minimum atomic E-state index is -0.0320. The molecule has 0 spiro atoms. The number of aromatic nitrogens is 1. The van der Waals surface area contributed by atoms with Crippen molar-refractivity contribution in [2.24, 2.45) is 5.73 Å². The fourth-order valence-electron chi connectivity index (χ4n) is 2.16. The van der Waals surface area contributed by atoms with Gasteiger partial charge in [-0.2, -0.15) is 0 Å². The number of halogens is 1. The maximum absolute atomic E-state index is 7.48. The molecule has 1 aromatic rings. The smallest absolute Gasteiger partial charge is 0.148 e. The van der Waals surface area contributed by atoms with Crippen molar-refractivity contribution >= 4 is 23.3 Å². The van der Waals surface area contributed by atoms with E-state index in [1.54, 1.807) is 19.4 Å². The average Bonchev–Trinajstić information content (AvgIpc) is 2.39. The molecule has 0 saturated carbocycles. The van der Waals surface area contributed by atoms with E-state index in [1.165, 1.54) is 0 Å². The zero-order valence-electron chi connectivity index (χ0n) is 10.3. The number of piperidine rings is 1. The zero-order chi connectivity index (χ0) is 13.1. The van der Waals surface area contributed by atoms with Crippen molar-refractivity contribution in [2.45, 2.75) is 18.9 Å². The third-order valence-corrected chi connectivity index (χ3v) is 3.61. The highest BCUT2D eigenvalue weighted by molar-refractivity contribution is 6.36. The highest BCUT2D eigenvalue weighted by atomic mass is 35.5. The summed E-state index contributed by atoms with van der Waals surface area (Å²) in [6, 6.07) is 1.66. The van der Waals surface area contributed by atoms with E-state index in [0.29, 0.717) is 22.5 Å². The van der Waals surface area contributed by atoms with Crippen LogP contribution in [0.2, 0.25) is 5.02 Å². The molecule has 1 saturated heterocycles. The van der Waals surface area contributed by atoms with Gasteiger partial charge in [-0.1, -0.05) is 11.6 Å². The van der Waals surface area contributed by atoms with Gasteiger partial charge in [0.1, 0.15) is 11.7 Å². The van der Waals surface area contributed by atoms with Crippen LogP contribution >= 0.6 is 11.6 Å². The van der Waals surface area contributed by atoms with E-state index in [4.69, 9.17) is 27.5 Å². The van der Waals surface area contributed by atoms with Crippen LogP contribution in [0.15, 0.2) is 12.3 Å². The fourth-order valence-corrected chi connectivity index (χ4v) is 2.50. The normalized spacial score (nSPS) is 16.9. The fraction of sp³-hybridized carbons (Fsp3) is 0.500. The summed E-state index contributed by atoms with van der Waals surface area (Å²) in [5.41, 5.74) is 6.03. The molecule has 0 atom stereocenters. The molecule has 0 bridgehead atoms. The number of pyridine rings is 1. The van der Waals surface area contributed by atoms with Crippen LogP contribution in [0.5, 0.6) is 0 Å². The van der Waals surface area contributed by atoms with Gasteiger partial charge in [-0.15, -0.1) is 0 Å². The first-order valence-corrected chi connectivity index (χ1v) is 6.28. The Morgan fingerprint density at radius 2 is 2.22 bits per heavy atom. The van der Waals surface area contributed by atoms with Gasteiger partial charge in [0.25, 0.3) is 0 Å². The number of hydrogen-bond donors (Lipinski definition) is 2. The predicted octanol–water partition coefficient (Wildman–Crippen LogP) is 1.63. The first-order valence-electron chi connectivity index (χ1n) is 5.90. The second kappa shape index (κ2) is 5.54. The molecular formula is C12H17ClN4O. The first kappa shape index (κ1) is 13.1. The van der Waals surface area contributed by atoms with Crippen LogP contribution in [-0.4, -0.2) is 37.1 Å². The summed E-state index contributed by atoms with van der Waals surface area (Å²) in [5.74, 6) is 0.675. The number of nitrogen functional groups attached to an aromatic ring is 1. The lowest BCUT2D eigenvalue weighted by Crippen LogP contribution is -2.37. The predicted molar refractivity (Wildman–Crippen MR) is 72.5 cm³/mol. The minimum Gasteiger partial charge on any atom is -0.384 e. The number of ether oxygens (including phenoxy) is 1. The monoisotopic (exact) mass is 268 g/mol. The molecule has 0 unspecified atom stereocenters. The van der Waals surface area contributed by atoms with Gasteiger partial charge in [0.15, 0.2) is 0 Å². The van der Waals surface area contributed by atoms with Gasteiger partial charge in [0.2, 0.25) is 0 Å². The third kappa shape index (κ3) is 2.57. The summed E-state index contributed by atoms with van der Waals surface area (Å²) in [6.45, 7) is 1.71. The molecule has 1 aliphatic rings. The lowest BCUT2D eigenvalue weighted by molar-refractivity contribution is 0.0818. The highest BCUT2D eigenvalue weighted by Crippen LogP contribution is 2.29. The van der Waals surface area contributed by atoms with Gasteiger partial charge in [0, 0.05) is 32.0 Å². The van der Waals surface area contributed by atoms with Crippen LogP contribution in [0.3, 0.4) is 0 Å². The molecule has 98 valence electrons. The molecular weight excluding hydrogens is 252 g/mol. The van der Waals surface area contributed by atoms with E-state index in [1.807, 2.05) is 0 Å². The summed E-state index contributed by atoms with van der Waals surface area (Å²) in [7, 11) is 1.74. The summed E-state index contributed by atoms with van der Waals surface area (Å²) in [6.07, 6.45) is 3.87. The zero-order valence-corrected chi connectivity index (χ0v) is 11.1. The summed E-state index contributed by atoms with van der Waals surface area (Å²) in [4.78, 5) is 6.41. The Morgan fingerprint density at radius 3 is 2.78 bits per heavy atom. The summed E-state index contributed by atoms with van der Waals surface area (Å²) >= 11 is 6.25. The molecule has 18 heavy (non-hydrogen) atoms. The molecule has 0 aliphatic carbocycles. The summed E-state index contributed by atoms with van der Waals surface area (Å²) < 4.78 is 5.33. The molecule has 1 fully saturated rings. The summed E-state index contributed by atoms with van der Waals surface area (Å²) in [5, 5.41) is 7.93. The van der Waals surface area contributed by atoms with E-state index in [9.17, 15) is 0 Å². The molecule has 2 heterocycles. The Bertz CT molecular complexity index is 444. The standard InChI is InChI=1S/C12H17ClN4O/c1-18-8-3-6-17(7-4-8)12-10(13)9(11(14)15)2-5-16-12/h2,5,8H,3-4,6-7H2,1H3,(H3,14,15). The maximum atomic E-state index is 7.48. The molecule has 3 N–H and O–H groups in total. The van der Waals surface area contributed by atoms with Crippen LogP contribution in [0.4, 0.5) is 5.82 Å². The van der Waals surface area contributed by atoms with Gasteiger partial charge >= 0.3 is 0 Å². The minimum absolute atomic E-state index is 0.0320. The van der Waals surface area contributed by atoms with Gasteiger partial charge in [0.05, 0.1) is 11.1 Å². The topological polar surface area (TPSA) is 75.2 Å². The van der Waals surface area contributed by atoms with Crippen LogP contribution < -0.4 is 10.6 Å². The Balaban J connectivity index is 2.19. The second-order valence-electron chi connectivity index (χ2n) is 4.33. The van der Waals surface area contributed by atoms with E-state index in [0.717, 1.165) is 25.9 Å². The quantitative estimate of drug-likeness (QED) is 0.645. The third-order valence-electron chi connectivity index (χ3n) is 3.24. The molecule has 1 aliphatic heterocycles. The van der Waals surface area contributed by atoms with E-state index >= 15 is 0 Å². The molecule has 5 nitrogen and oxygen atoms in total. The number of rotatable bonds is 3. The van der Waals surface area contributed by atoms with Crippen LogP contribution in [0.25, 0.3) is 0 Å². The number of anilines is 1. The maximum Gasteiger partial charge on any atom is 0.148 e. The van der Waals surface area contributed by atoms with Crippen LogP contribution in [0.1, 0.15) is 18.4 Å². The average molecular weight is 269 g/mol. The van der Waals surface area contributed by atoms with Crippen LogP contribution in [-0.2, 0) is 4.74 Å².